The van der Waals surface area contributed by atoms with Crippen LogP contribution in [0.4, 0.5) is 0 Å². The van der Waals surface area contributed by atoms with Crippen LogP contribution in [0, 0.1) is 16.7 Å². The molecule has 0 rings (SSSR count). The number of hydrogen-bond donors (Lipinski definition) is 3. The summed E-state index contributed by atoms with van der Waals surface area (Å²) in [5.74, 6) is 1.58. The molecule has 0 saturated carbocycles. The van der Waals surface area contributed by atoms with Crippen molar-refractivity contribution < 1.29 is 23.0 Å². The lowest BCUT2D eigenvalue weighted by molar-refractivity contribution is -0.114. The van der Waals surface area contributed by atoms with E-state index in [0.717, 1.165) is 21.3 Å². The second kappa shape index (κ2) is 33.9. The number of ketones is 1. The summed E-state index contributed by atoms with van der Waals surface area (Å²) in [7, 11) is 3.00. The van der Waals surface area contributed by atoms with Crippen molar-refractivity contribution in [1.82, 2.24) is 0 Å². The van der Waals surface area contributed by atoms with Crippen LogP contribution in [0.15, 0.2) is 0 Å². The van der Waals surface area contributed by atoms with Gasteiger partial charge >= 0.3 is 2.85 Å². The minimum absolute atomic E-state index is 0. The smallest absolute Gasteiger partial charge is 0.400 e. The number of hydrogen-bond acceptors (Lipinski definition) is 4. The van der Waals surface area contributed by atoms with Crippen LogP contribution in [-0.4, -0.2) is 42.4 Å². The highest BCUT2D eigenvalue weighted by atomic mass is 16.2. The second-order valence-corrected chi connectivity index (χ2v) is 8.41. The predicted molar refractivity (Wildman–Crippen MR) is 114 cm³/mol. The van der Waals surface area contributed by atoms with Crippen LogP contribution in [0.2, 0.25) is 0 Å². The van der Waals surface area contributed by atoms with E-state index in [0.29, 0.717) is 10.8 Å². The largest absolute Gasteiger partial charge is 1.00 e. The van der Waals surface area contributed by atoms with Gasteiger partial charge < -0.3 is 20.1 Å². The van der Waals surface area contributed by atoms with Crippen molar-refractivity contribution in [2.24, 2.45) is 10.8 Å². The molecule has 0 spiro atoms. The van der Waals surface area contributed by atoms with Gasteiger partial charge in [-0.25, -0.2) is 0 Å². The summed E-state index contributed by atoms with van der Waals surface area (Å²) in [4.78, 5) is 9.44. The minimum atomic E-state index is 0. The normalized spacial score (nSPS) is 7.96. The molecule has 0 aromatic heterocycles. The fourth-order valence-corrected chi connectivity index (χ4v) is 0. The van der Waals surface area contributed by atoms with Crippen LogP contribution in [0.3, 0.4) is 0 Å². The van der Waals surface area contributed by atoms with Crippen LogP contribution in [0.1, 0.15) is 92.9 Å². The first-order chi connectivity index (χ1) is 10.5. The zero-order valence-corrected chi connectivity index (χ0v) is 19.7. The Bertz CT molecular complexity index is 154. The number of aliphatic hydroxyl groups is 3. The molecule has 0 aliphatic carbocycles. The second-order valence-electron chi connectivity index (χ2n) is 8.41. The van der Waals surface area contributed by atoms with E-state index in [1.54, 1.807) is 0 Å². The van der Waals surface area contributed by atoms with E-state index in [2.05, 4.69) is 76.2 Å². The first-order valence-corrected chi connectivity index (χ1v) is 8.05. The lowest BCUT2D eigenvalue weighted by Crippen LogP contribution is -1.93. The molecular weight excluding hydrogens is 304 g/mol. The number of rotatable bonds is 0. The third kappa shape index (κ3) is 26600. The molecule has 0 radical (unpaired) electrons. The topological polar surface area (TPSA) is 77.8 Å². The van der Waals surface area contributed by atoms with E-state index in [-0.39, 0.29) is 8.64 Å². The van der Waals surface area contributed by atoms with Crippen LogP contribution in [-0.2, 0) is 4.79 Å². The average Bonchev–Trinajstić information content (AvgIpc) is 2.30. The SMILES string of the molecule is CC(C)(C)C.CC(C)(C)C.CC(C)=O.CO.CO.CO.C[C+](C)C.[H+].[H+]. The molecule has 0 atom stereocenters. The Hall–Kier alpha value is -0.580. The molecule has 0 aromatic carbocycles. The molecule has 0 saturated heterocycles. The summed E-state index contributed by atoms with van der Waals surface area (Å²) in [6.45, 7) is 26.8. The third-order valence-electron chi connectivity index (χ3n) is 0. The number of Topliss-reactive ketones (excluding diaryl/α,β-unsaturated/α-hetero) is 1. The number of carbonyl (C=O) groups is 1. The van der Waals surface area contributed by atoms with Gasteiger partial charge in [-0.15, -0.1) is 0 Å². The molecule has 0 amide bonds. The molecule has 0 aliphatic heterocycles. The summed E-state index contributed by atoms with van der Waals surface area (Å²) < 4.78 is 0. The van der Waals surface area contributed by atoms with E-state index in [1.807, 2.05) is 0 Å². The Balaban J connectivity index is -0.0000000189. The Morgan fingerprint density at radius 3 is 0.625 bits per heavy atom. The highest BCUT2D eigenvalue weighted by molar-refractivity contribution is 5.72. The molecule has 0 aliphatic rings. The van der Waals surface area contributed by atoms with Gasteiger partial charge in [0.1, 0.15) is 5.78 Å². The molecule has 0 heterocycles. The first kappa shape index (κ1) is 43.7. The summed E-state index contributed by atoms with van der Waals surface area (Å²) in [6.07, 6.45) is 0. The van der Waals surface area contributed by atoms with Crippen molar-refractivity contribution >= 4 is 5.78 Å². The lowest BCUT2D eigenvalue weighted by Gasteiger charge is -2.05. The first-order valence-electron chi connectivity index (χ1n) is 8.05. The van der Waals surface area contributed by atoms with Crippen molar-refractivity contribution in [1.29, 1.82) is 0 Å². The van der Waals surface area contributed by atoms with E-state index >= 15 is 0 Å². The lowest BCUT2D eigenvalue weighted by atomic mass is 10.0. The van der Waals surface area contributed by atoms with Gasteiger partial charge in [-0.1, -0.05) is 55.4 Å². The summed E-state index contributed by atoms with van der Waals surface area (Å²) in [6, 6.07) is 0. The van der Waals surface area contributed by atoms with Crippen molar-refractivity contribution in [3.05, 3.63) is 5.92 Å². The molecular formula is C20H53O4+3. The van der Waals surface area contributed by atoms with Gasteiger partial charge in [-0.2, -0.15) is 0 Å². The Morgan fingerprint density at radius 2 is 0.625 bits per heavy atom. The van der Waals surface area contributed by atoms with Crippen molar-refractivity contribution in [3.63, 3.8) is 0 Å². The van der Waals surface area contributed by atoms with Gasteiger partial charge in [0, 0.05) is 21.3 Å². The minimum Gasteiger partial charge on any atom is -0.400 e. The van der Waals surface area contributed by atoms with Crippen LogP contribution < -0.4 is 0 Å². The zero-order chi connectivity index (χ0) is 22.2. The maximum Gasteiger partial charge on any atom is 1.00 e. The molecule has 0 fully saturated rings. The van der Waals surface area contributed by atoms with E-state index in [9.17, 15) is 4.79 Å². The third-order valence-corrected chi connectivity index (χ3v) is 0. The zero-order valence-electron chi connectivity index (χ0n) is 21.7. The fourth-order valence-electron chi connectivity index (χ4n) is 0. The Kier molecular flexibility index (Phi) is 61.7. The predicted octanol–water partition coefficient (Wildman–Crippen LogP) is 5.37. The molecule has 154 valence electrons. The molecule has 0 aromatic rings. The van der Waals surface area contributed by atoms with Crippen molar-refractivity contribution in [2.45, 2.75) is 90.0 Å². The summed E-state index contributed by atoms with van der Waals surface area (Å²) in [5.41, 5.74) is 1.00. The number of carbonyl (C=O) groups excluding carboxylic acids is 1. The van der Waals surface area contributed by atoms with E-state index in [1.165, 1.54) is 19.8 Å². The van der Waals surface area contributed by atoms with Crippen molar-refractivity contribution in [2.75, 3.05) is 21.3 Å². The molecule has 24 heavy (non-hydrogen) atoms. The molecule has 3 N–H and O–H groups in total. The van der Waals surface area contributed by atoms with Gasteiger partial charge in [0.2, 0.25) is 0 Å². The van der Waals surface area contributed by atoms with Gasteiger partial charge in [0.25, 0.3) is 0 Å². The Morgan fingerprint density at radius 1 is 0.625 bits per heavy atom. The summed E-state index contributed by atoms with van der Waals surface area (Å²) >= 11 is 0. The maximum atomic E-state index is 9.44. The summed E-state index contributed by atoms with van der Waals surface area (Å²) in [5, 5.41) is 21.0. The van der Waals surface area contributed by atoms with Gasteiger partial charge in [-0.05, 0) is 24.7 Å². The number of aliphatic hydroxyl groups excluding tert-OH is 3. The monoisotopic (exact) mass is 357 g/mol. The molecule has 4 nitrogen and oxygen atoms in total. The quantitative estimate of drug-likeness (QED) is 0.509. The van der Waals surface area contributed by atoms with Gasteiger partial charge in [0.15, 0.2) is 0 Å². The van der Waals surface area contributed by atoms with Crippen LogP contribution >= 0.6 is 0 Å². The van der Waals surface area contributed by atoms with Gasteiger partial charge in [-0.3, -0.25) is 0 Å². The van der Waals surface area contributed by atoms with Gasteiger partial charge in [0.05, 0.1) is 26.7 Å². The van der Waals surface area contributed by atoms with Crippen molar-refractivity contribution in [3.8, 4) is 0 Å². The standard InChI is InChI=1S/2C5H12.C4H9.C3H6O.3CH4O/c2*1-5(2,3)4;1-4(2)3;1-3(2)4;3*1-2/h2*1-4H3;1-3H3;1-2H3;3*2H,1H3/q;;+1;;;;/p+2. The molecule has 0 unspecified atom stereocenters. The maximum absolute atomic E-state index is 9.44. The highest BCUT2D eigenvalue weighted by Crippen LogP contribution is 2.08. The highest BCUT2D eigenvalue weighted by Gasteiger charge is 1.96. The van der Waals surface area contributed by atoms with E-state index < -0.39 is 0 Å². The van der Waals surface area contributed by atoms with Crippen LogP contribution in [0.25, 0.3) is 0 Å². The average molecular weight is 358 g/mol. The molecule has 4 heteroatoms. The molecule has 0 bridgehead atoms. The van der Waals surface area contributed by atoms with E-state index in [4.69, 9.17) is 15.3 Å². The fraction of sp³-hybridized carbons (Fsp3) is 0.900. The Labute approximate surface area is 157 Å². The van der Waals surface area contributed by atoms with Crippen LogP contribution in [0.5, 0.6) is 0 Å².